The highest BCUT2D eigenvalue weighted by atomic mass is 16.1. The molecular formula is C20H26N2O. The van der Waals surface area contributed by atoms with Gasteiger partial charge in [-0.3, -0.25) is 4.79 Å². The Morgan fingerprint density at radius 1 is 1.04 bits per heavy atom. The van der Waals surface area contributed by atoms with Crippen LogP contribution in [0.25, 0.3) is 0 Å². The van der Waals surface area contributed by atoms with Crippen LogP contribution < -0.4 is 11.1 Å². The van der Waals surface area contributed by atoms with E-state index in [-0.39, 0.29) is 11.3 Å². The van der Waals surface area contributed by atoms with Gasteiger partial charge in [0.25, 0.3) is 0 Å². The maximum atomic E-state index is 12.1. The number of hydrogen-bond donors (Lipinski definition) is 2. The lowest BCUT2D eigenvalue weighted by atomic mass is 9.85. The number of carbonyl (C=O) groups is 1. The second-order valence-corrected chi connectivity index (χ2v) is 6.80. The third kappa shape index (κ3) is 5.78. The Kier molecular flexibility index (Phi) is 5.80. The van der Waals surface area contributed by atoms with Crippen LogP contribution in [0.2, 0.25) is 0 Å². The molecule has 0 fully saturated rings. The summed E-state index contributed by atoms with van der Waals surface area (Å²) in [7, 11) is 0. The molecule has 1 amide bonds. The van der Waals surface area contributed by atoms with Crippen LogP contribution in [0, 0.1) is 5.41 Å². The van der Waals surface area contributed by atoms with Crippen molar-refractivity contribution in [3.8, 4) is 0 Å². The number of nitrogen functional groups attached to an aromatic ring is 1. The molecule has 122 valence electrons. The maximum absolute atomic E-state index is 12.1. The lowest BCUT2D eigenvalue weighted by Crippen LogP contribution is -2.35. The van der Waals surface area contributed by atoms with Gasteiger partial charge in [-0.05, 0) is 35.4 Å². The van der Waals surface area contributed by atoms with Crippen molar-refractivity contribution in [3.63, 3.8) is 0 Å². The molecule has 0 spiro atoms. The summed E-state index contributed by atoms with van der Waals surface area (Å²) in [5, 5.41) is 3.05. The minimum atomic E-state index is 0.0305. The summed E-state index contributed by atoms with van der Waals surface area (Å²) in [6.07, 6.45) is 2.09. The summed E-state index contributed by atoms with van der Waals surface area (Å²) in [6.45, 7) is 5.02. The monoisotopic (exact) mass is 310 g/mol. The van der Waals surface area contributed by atoms with E-state index in [4.69, 9.17) is 5.73 Å². The molecule has 0 heterocycles. The van der Waals surface area contributed by atoms with Gasteiger partial charge < -0.3 is 11.1 Å². The van der Waals surface area contributed by atoms with Crippen LogP contribution in [0.1, 0.15) is 31.4 Å². The molecule has 2 rings (SSSR count). The van der Waals surface area contributed by atoms with Crippen molar-refractivity contribution >= 4 is 11.6 Å². The van der Waals surface area contributed by atoms with Gasteiger partial charge in [0.2, 0.25) is 5.91 Å². The highest BCUT2D eigenvalue weighted by Gasteiger charge is 2.19. The lowest BCUT2D eigenvalue weighted by molar-refractivity contribution is -0.121. The third-order valence-corrected chi connectivity index (χ3v) is 3.97. The molecule has 0 saturated heterocycles. The van der Waals surface area contributed by atoms with Gasteiger partial charge in [0, 0.05) is 18.7 Å². The third-order valence-electron chi connectivity index (χ3n) is 3.97. The van der Waals surface area contributed by atoms with E-state index >= 15 is 0 Å². The van der Waals surface area contributed by atoms with E-state index in [0.717, 1.165) is 17.7 Å². The molecule has 3 nitrogen and oxygen atoms in total. The fourth-order valence-corrected chi connectivity index (χ4v) is 2.65. The van der Waals surface area contributed by atoms with Crippen molar-refractivity contribution in [2.45, 2.75) is 33.1 Å². The number of nitrogens with two attached hydrogens (primary N) is 1. The Balaban J connectivity index is 1.78. The molecular weight excluding hydrogens is 284 g/mol. The summed E-state index contributed by atoms with van der Waals surface area (Å²) < 4.78 is 0. The van der Waals surface area contributed by atoms with Crippen molar-refractivity contribution in [3.05, 3.63) is 65.7 Å². The zero-order valence-electron chi connectivity index (χ0n) is 14.0. The molecule has 3 N–H and O–H groups in total. The van der Waals surface area contributed by atoms with Crippen LogP contribution in [0.3, 0.4) is 0 Å². The standard InChI is InChI=1S/C20H26N2O/c1-20(2,14-16-8-4-3-5-9-16)15-22-19(23)13-12-17-10-6-7-11-18(17)21/h3-11H,12-15,21H2,1-2H3,(H,22,23). The summed E-state index contributed by atoms with van der Waals surface area (Å²) in [5.41, 5.74) is 9.02. The highest BCUT2D eigenvalue weighted by Crippen LogP contribution is 2.21. The summed E-state index contributed by atoms with van der Waals surface area (Å²) in [4.78, 5) is 12.1. The second kappa shape index (κ2) is 7.82. The number of amides is 1. The van der Waals surface area contributed by atoms with Gasteiger partial charge in [-0.1, -0.05) is 62.4 Å². The van der Waals surface area contributed by atoms with Crippen LogP contribution >= 0.6 is 0 Å². The predicted octanol–water partition coefficient (Wildman–Crippen LogP) is 3.59. The van der Waals surface area contributed by atoms with E-state index in [1.165, 1.54) is 5.56 Å². The smallest absolute Gasteiger partial charge is 0.220 e. The van der Waals surface area contributed by atoms with Gasteiger partial charge >= 0.3 is 0 Å². The normalized spacial score (nSPS) is 11.2. The fourth-order valence-electron chi connectivity index (χ4n) is 2.65. The first-order valence-corrected chi connectivity index (χ1v) is 8.10. The molecule has 0 aliphatic heterocycles. The van der Waals surface area contributed by atoms with E-state index in [0.29, 0.717) is 19.4 Å². The van der Waals surface area contributed by atoms with E-state index in [2.05, 4.69) is 31.3 Å². The molecule has 0 bridgehead atoms. The van der Waals surface area contributed by atoms with Crippen molar-refractivity contribution < 1.29 is 4.79 Å². The lowest BCUT2D eigenvalue weighted by Gasteiger charge is -2.25. The first-order chi connectivity index (χ1) is 11.0. The average molecular weight is 310 g/mol. The maximum Gasteiger partial charge on any atom is 0.220 e. The molecule has 0 unspecified atom stereocenters. The molecule has 0 saturated carbocycles. The first-order valence-electron chi connectivity index (χ1n) is 8.10. The van der Waals surface area contributed by atoms with Gasteiger partial charge in [0.05, 0.1) is 0 Å². The number of anilines is 1. The van der Waals surface area contributed by atoms with Crippen LogP contribution in [0.4, 0.5) is 5.69 Å². The molecule has 0 atom stereocenters. The van der Waals surface area contributed by atoms with Gasteiger partial charge in [-0.15, -0.1) is 0 Å². The van der Waals surface area contributed by atoms with Gasteiger partial charge in [-0.25, -0.2) is 0 Å². The SMILES string of the molecule is CC(C)(CNC(=O)CCc1ccccc1N)Cc1ccccc1. The van der Waals surface area contributed by atoms with Crippen molar-refractivity contribution in [2.24, 2.45) is 5.41 Å². The van der Waals surface area contributed by atoms with Gasteiger partial charge in [0.15, 0.2) is 0 Å². The van der Waals surface area contributed by atoms with Crippen LogP contribution in [0.15, 0.2) is 54.6 Å². The largest absolute Gasteiger partial charge is 0.399 e. The van der Waals surface area contributed by atoms with Crippen molar-refractivity contribution in [2.75, 3.05) is 12.3 Å². The summed E-state index contributed by atoms with van der Waals surface area (Å²) in [5.74, 6) is 0.0781. The number of carbonyl (C=O) groups excluding carboxylic acids is 1. The number of hydrogen-bond acceptors (Lipinski definition) is 2. The Morgan fingerprint density at radius 2 is 1.70 bits per heavy atom. The predicted molar refractivity (Wildman–Crippen MR) is 96.1 cm³/mol. The number of rotatable bonds is 7. The van der Waals surface area contributed by atoms with Crippen LogP contribution in [-0.2, 0) is 17.6 Å². The first kappa shape index (κ1) is 17.1. The molecule has 0 radical (unpaired) electrons. The van der Waals surface area contributed by atoms with Gasteiger partial charge in [0.1, 0.15) is 0 Å². The van der Waals surface area contributed by atoms with Crippen molar-refractivity contribution in [1.82, 2.24) is 5.32 Å². The molecule has 2 aromatic carbocycles. The topological polar surface area (TPSA) is 55.1 Å². The van der Waals surface area contributed by atoms with Crippen LogP contribution in [-0.4, -0.2) is 12.5 Å². The molecule has 0 aliphatic carbocycles. The fraction of sp³-hybridized carbons (Fsp3) is 0.350. The quantitative estimate of drug-likeness (QED) is 0.768. The Morgan fingerprint density at radius 3 is 2.39 bits per heavy atom. The summed E-state index contributed by atoms with van der Waals surface area (Å²) in [6, 6.07) is 18.1. The minimum Gasteiger partial charge on any atom is -0.399 e. The number of para-hydroxylation sites is 1. The molecule has 0 aliphatic rings. The number of benzene rings is 2. The average Bonchev–Trinajstić information content (AvgIpc) is 2.53. The Bertz CT molecular complexity index is 635. The highest BCUT2D eigenvalue weighted by molar-refractivity contribution is 5.76. The molecule has 3 heteroatoms. The number of nitrogens with one attached hydrogen (secondary N) is 1. The van der Waals surface area contributed by atoms with E-state index in [9.17, 15) is 4.79 Å². The second-order valence-electron chi connectivity index (χ2n) is 6.80. The zero-order valence-corrected chi connectivity index (χ0v) is 14.0. The van der Waals surface area contributed by atoms with Crippen LogP contribution in [0.5, 0.6) is 0 Å². The van der Waals surface area contributed by atoms with Gasteiger partial charge in [-0.2, -0.15) is 0 Å². The zero-order chi connectivity index (χ0) is 16.7. The van der Waals surface area contributed by atoms with E-state index in [1.807, 2.05) is 42.5 Å². The van der Waals surface area contributed by atoms with E-state index < -0.39 is 0 Å². The summed E-state index contributed by atoms with van der Waals surface area (Å²) >= 11 is 0. The number of aryl methyl sites for hydroxylation is 1. The molecule has 0 aromatic heterocycles. The van der Waals surface area contributed by atoms with Crippen molar-refractivity contribution in [1.29, 1.82) is 0 Å². The Labute approximate surface area is 138 Å². The molecule has 23 heavy (non-hydrogen) atoms. The van der Waals surface area contributed by atoms with E-state index in [1.54, 1.807) is 0 Å². The minimum absolute atomic E-state index is 0.0305. The molecule has 2 aromatic rings. The Hall–Kier alpha value is -2.29.